The number of rotatable bonds is 5. The number of aliphatic hydroxyl groups is 2. The van der Waals surface area contributed by atoms with Crippen molar-refractivity contribution in [2.75, 3.05) is 19.7 Å². The smallest absolute Gasteiger partial charge is 0.227 e. The third kappa shape index (κ3) is 2.40. The van der Waals surface area contributed by atoms with E-state index in [2.05, 4.69) is 5.32 Å². The van der Waals surface area contributed by atoms with Gasteiger partial charge in [-0.05, 0) is 12.8 Å². The molecule has 1 aliphatic carbocycles. The molecule has 1 unspecified atom stereocenters. The maximum absolute atomic E-state index is 11.4. The highest BCUT2D eigenvalue weighted by Gasteiger charge is 2.48. The highest BCUT2D eigenvalue weighted by Crippen LogP contribution is 2.44. The van der Waals surface area contributed by atoms with E-state index in [1.54, 1.807) is 0 Å². The van der Waals surface area contributed by atoms with Crippen LogP contribution < -0.4 is 11.1 Å². The minimum absolute atomic E-state index is 0.0943. The molecule has 0 radical (unpaired) electrons. The van der Waals surface area contributed by atoms with E-state index in [9.17, 15) is 4.79 Å². The Morgan fingerprint density at radius 1 is 1.62 bits per heavy atom. The second-order valence-corrected chi connectivity index (χ2v) is 3.53. The lowest BCUT2D eigenvalue weighted by Gasteiger charge is -2.14. The number of amides is 1. The van der Waals surface area contributed by atoms with Crippen LogP contribution in [0.3, 0.4) is 0 Å². The summed E-state index contributed by atoms with van der Waals surface area (Å²) < 4.78 is 0. The molecule has 0 heterocycles. The van der Waals surface area contributed by atoms with Crippen LogP contribution in [-0.2, 0) is 4.79 Å². The van der Waals surface area contributed by atoms with Gasteiger partial charge in [0.1, 0.15) is 0 Å². The SMILES string of the molecule is NCC1(C(=O)NCC(O)CO)CC1. The van der Waals surface area contributed by atoms with Gasteiger partial charge in [0.15, 0.2) is 0 Å². The largest absolute Gasteiger partial charge is 0.394 e. The average molecular weight is 188 g/mol. The molecule has 1 rings (SSSR count). The summed E-state index contributed by atoms with van der Waals surface area (Å²) in [5, 5.41) is 20.0. The van der Waals surface area contributed by atoms with Gasteiger partial charge in [-0.2, -0.15) is 0 Å². The van der Waals surface area contributed by atoms with Crippen LogP contribution in [0.4, 0.5) is 0 Å². The van der Waals surface area contributed by atoms with Crippen molar-refractivity contribution < 1.29 is 15.0 Å². The van der Waals surface area contributed by atoms with Gasteiger partial charge >= 0.3 is 0 Å². The molecule has 1 atom stereocenters. The molecule has 13 heavy (non-hydrogen) atoms. The lowest BCUT2D eigenvalue weighted by atomic mass is 10.1. The standard InChI is InChI=1S/C8H16N2O3/c9-5-8(1-2-8)7(13)10-3-6(12)4-11/h6,11-12H,1-5,9H2,(H,10,13). The number of hydrogen-bond donors (Lipinski definition) is 4. The molecule has 76 valence electrons. The number of carbonyl (C=O) groups excluding carboxylic acids is 1. The Hall–Kier alpha value is -0.650. The minimum atomic E-state index is -0.877. The predicted molar refractivity (Wildman–Crippen MR) is 46.8 cm³/mol. The van der Waals surface area contributed by atoms with E-state index < -0.39 is 6.10 Å². The lowest BCUT2D eigenvalue weighted by Crippen LogP contribution is -2.41. The maximum atomic E-state index is 11.4. The van der Waals surface area contributed by atoms with Crippen molar-refractivity contribution in [2.45, 2.75) is 18.9 Å². The first-order chi connectivity index (χ1) is 6.14. The monoisotopic (exact) mass is 188 g/mol. The molecule has 1 aliphatic rings. The van der Waals surface area contributed by atoms with Gasteiger partial charge in [-0.1, -0.05) is 0 Å². The zero-order chi connectivity index (χ0) is 9.90. The lowest BCUT2D eigenvalue weighted by molar-refractivity contribution is -0.126. The van der Waals surface area contributed by atoms with Crippen molar-refractivity contribution in [3.8, 4) is 0 Å². The summed E-state index contributed by atoms with van der Waals surface area (Å²) in [6.45, 7) is 0.112. The molecule has 0 aromatic heterocycles. The number of aliphatic hydroxyl groups excluding tert-OH is 2. The van der Waals surface area contributed by atoms with E-state index in [0.29, 0.717) is 6.54 Å². The fourth-order valence-corrected chi connectivity index (χ4v) is 1.14. The summed E-state index contributed by atoms with van der Waals surface area (Å²) in [4.78, 5) is 11.4. The van der Waals surface area contributed by atoms with Crippen LogP contribution in [0.25, 0.3) is 0 Å². The van der Waals surface area contributed by atoms with E-state index >= 15 is 0 Å². The topological polar surface area (TPSA) is 95.6 Å². The second kappa shape index (κ2) is 4.04. The Kier molecular flexibility index (Phi) is 3.24. The Balaban J connectivity index is 2.26. The molecule has 1 saturated carbocycles. The first-order valence-electron chi connectivity index (χ1n) is 4.42. The molecule has 1 amide bonds. The molecule has 0 aromatic carbocycles. The first kappa shape index (κ1) is 10.4. The molecule has 0 aliphatic heterocycles. The van der Waals surface area contributed by atoms with Gasteiger partial charge in [-0.15, -0.1) is 0 Å². The maximum Gasteiger partial charge on any atom is 0.227 e. The van der Waals surface area contributed by atoms with Crippen molar-refractivity contribution in [3.05, 3.63) is 0 Å². The summed E-state index contributed by atoms with van der Waals surface area (Å²) in [5.41, 5.74) is 5.06. The highest BCUT2D eigenvalue weighted by molar-refractivity contribution is 5.85. The molecular weight excluding hydrogens is 172 g/mol. The number of nitrogens with one attached hydrogen (secondary N) is 1. The van der Waals surface area contributed by atoms with E-state index in [4.69, 9.17) is 15.9 Å². The summed E-state index contributed by atoms with van der Waals surface area (Å²) >= 11 is 0. The van der Waals surface area contributed by atoms with Gasteiger partial charge < -0.3 is 21.3 Å². The number of carbonyl (C=O) groups is 1. The van der Waals surface area contributed by atoms with Crippen LogP contribution in [-0.4, -0.2) is 41.9 Å². The van der Waals surface area contributed by atoms with Crippen molar-refractivity contribution in [1.29, 1.82) is 0 Å². The normalized spacial score (nSPS) is 20.8. The van der Waals surface area contributed by atoms with Crippen molar-refractivity contribution >= 4 is 5.91 Å². The number of hydrogen-bond acceptors (Lipinski definition) is 4. The van der Waals surface area contributed by atoms with Gasteiger partial charge in [0.25, 0.3) is 0 Å². The Bertz CT molecular complexity index is 192. The Morgan fingerprint density at radius 3 is 2.62 bits per heavy atom. The van der Waals surface area contributed by atoms with Crippen LogP contribution >= 0.6 is 0 Å². The molecule has 0 spiro atoms. The Labute approximate surface area is 76.9 Å². The van der Waals surface area contributed by atoms with Crippen molar-refractivity contribution in [2.24, 2.45) is 11.1 Å². The zero-order valence-electron chi connectivity index (χ0n) is 7.49. The Morgan fingerprint density at radius 2 is 2.23 bits per heavy atom. The molecule has 1 fully saturated rings. The fourth-order valence-electron chi connectivity index (χ4n) is 1.14. The van der Waals surface area contributed by atoms with Gasteiger partial charge in [0, 0.05) is 13.1 Å². The molecule has 0 aromatic rings. The van der Waals surface area contributed by atoms with Crippen molar-refractivity contribution in [3.63, 3.8) is 0 Å². The number of nitrogens with two attached hydrogens (primary N) is 1. The van der Waals surface area contributed by atoms with E-state index in [1.807, 2.05) is 0 Å². The summed E-state index contributed by atoms with van der Waals surface area (Å²) in [6, 6.07) is 0. The summed E-state index contributed by atoms with van der Waals surface area (Å²) in [5.74, 6) is -0.109. The van der Waals surface area contributed by atoms with Crippen LogP contribution in [0.5, 0.6) is 0 Å². The van der Waals surface area contributed by atoms with Gasteiger partial charge in [0.2, 0.25) is 5.91 Å². The molecule has 5 heteroatoms. The quantitative estimate of drug-likeness (QED) is 0.409. The molecular formula is C8H16N2O3. The molecule has 0 saturated heterocycles. The van der Waals surface area contributed by atoms with Gasteiger partial charge in [-0.3, -0.25) is 4.79 Å². The third-order valence-corrected chi connectivity index (χ3v) is 2.43. The third-order valence-electron chi connectivity index (χ3n) is 2.43. The fraction of sp³-hybridized carbons (Fsp3) is 0.875. The van der Waals surface area contributed by atoms with E-state index in [0.717, 1.165) is 12.8 Å². The van der Waals surface area contributed by atoms with Crippen LogP contribution in [0.1, 0.15) is 12.8 Å². The molecule has 0 bridgehead atoms. The minimum Gasteiger partial charge on any atom is -0.394 e. The second-order valence-electron chi connectivity index (χ2n) is 3.53. The van der Waals surface area contributed by atoms with Crippen LogP contribution in [0.2, 0.25) is 0 Å². The van der Waals surface area contributed by atoms with Gasteiger partial charge in [-0.25, -0.2) is 0 Å². The van der Waals surface area contributed by atoms with Crippen LogP contribution in [0.15, 0.2) is 0 Å². The van der Waals surface area contributed by atoms with E-state index in [1.165, 1.54) is 0 Å². The zero-order valence-corrected chi connectivity index (χ0v) is 7.49. The van der Waals surface area contributed by atoms with Gasteiger partial charge in [0.05, 0.1) is 18.1 Å². The van der Waals surface area contributed by atoms with Crippen molar-refractivity contribution in [1.82, 2.24) is 5.32 Å². The summed E-state index contributed by atoms with van der Waals surface area (Å²) in [6.07, 6.45) is 0.771. The van der Waals surface area contributed by atoms with Crippen LogP contribution in [0, 0.1) is 5.41 Å². The molecule has 5 N–H and O–H groups in total. The highest BCUT2D eigenvalue weighted by atomic mass is 16.3. The average Bonchev–Trinajstić information content (AvgIpc) is 2.94. The van der Waals surface area contributed by atoms with E-state index in [-0.39, 0.29) is 24.5 Å². The summed E-state index contributed by atoms with van der Waals surface area (Å²) in [7, 11) is 0. The predicted octanol–water partition coefficient (Wildman–Crippen LogP) is -1.81. The first-order valence-corrected chi connectivity index (χ1v) is 4.42. The molecule has 5 nitrogen and oxygen atoms in total.